The number of aliphatic hydroxyl groups is 2. The Hall–Kier alpha value is -9.30. The summed E-state index contributed by atoms with van der Waals surface area (Å²) in [5.74, 6) is -3.67. The number of rotatable bonds is 20. The number of fused-ring (bicyclic) bond motifs is 2. The number of hydrogen-bond acceptors (Lipinski definition) is 24. The highest BCUT2D eigenvalue weighted by molar-refractivity contribution is 7.86. The molecule has 0 aliphatic carbocycles. The summed E-state index contributed by atoms with van der Waals surface area (Å²) in [5, 5.41) is 85.9. The Bertz CT molecular complexity index is 4720. The van der Waals surface area contributed by atoms with Crippen LogP contribution in [-0.2, 0) is 40.5 Å². The normalized spacial score (nSPS) is 12.7. The number of benzene rings is 7. The van der Waals surface area contributed by atoms with Crippen molar-refractivity contribution in [1.29, 1.82) is 0 Å². The number of carbonyl (C=O) groups is 1. The molecular weight excluding hydrogens is 1190 g/mol. The van der Waals surface area contributed by atoms with Gasteiger partial charge in [0.1, 0.15) is 62.9 Å². The van der Waals surface area contributed by atoms with Crippen molar-refractivity contribution in [1.82, 2.24) is 9.78 Å². The zero-order valence-corrected chi connectivity index (χ0v) is 46.3. The number of aryl methyl sites for hydroxylation is 3. The molecule has 8 aromatic rings. The average molecular weight is 1240 g/mol. The van der Waals surface area contributed by atoms with Crippen LogP contribution in [0.4, 0.5) is 45.5 Å². The van der Waals surface area contributed by atoms with E-state index in [9.17, 15) is 87.0 Å². The maximum absolute atomic E-state index is 13.8. The topological polar surface area (TPSA) is 491 Å². The summed E-state index contributed by atoms with van der Waals surface area (Å²) in [6.45, 7) is 2.78. The number of phenols is 2. The molecule has 35 heteroatoms. The molecule has 1 heterocycles. The van der Waals surface area contributed by atoms with Gasteiger partial charge in [-0.3, -0.25) is 28.1 Å². The molecule has 0 radical (unpaired) electrons. The summed E-state index contributed by atoms with van der Waals surface area (Å²) >= 11 is 0. The number of phenolic OH excluding ortho intramolecular Hbond substituents is 2. The second kappa shape index (κ2) is 23.5. The Kier molecular flexibility index (Phi) is 17.0. The van der Waals surface area contributed by atoms with E-state index < -0.39 is 114 Å². The fourth-order valence-electron chi connectivity index (χ4n) is 8.06. The SMILES string of the molecule is Cc1cc(S(=O)(=O)O)c(C)cc1N=Nc1cc(OCCO)c(N=Nc2c(S(=O)(=O)O)cc3cc(N=Nc4c(C)[nH]n(-c5ccc6c(O)c(N=Nc7ccc(S(=O)(=O)O)cc7C(=O)O)c(S(=O)(=O)O)cc6c5)c4=O)ccc3c2O)cc1OCCO. The maximum Gasteiger partial charge on any atom is 0.338 e. The largest absolute Gasteiger partial charge is 0.505 e. The predicted molar refractivity (Wildman–Crippen MR) is 293 cm³/mol. The molecule has 0 saturated carbocycles. The molecule has 0 spiro atoms. The van der Waals surface area contributed by atoms with Crippen LogP contribution in [0.15, 0.2) is 156 Å². The van der Waals surface area contributed by atoms with Crippen molar-refractivity contribution in [3.05, 3.63) is 124 Å². The van der Waals surface area contributed by atoms with Gasteiger partial charge in [-0.05, 0) is 122 Å². The lowest BCUT2D eigenvalue weighted by Gasteiger charge is -2.13. The van der Waals surface area contributed by atoms with Crippen molar-refractivity contribution >= 4 is 113 Å². The van der Waals surface area contributed by atoms with Gasteiger partial charge in [0.15, 0.2) is 17.2 Å². The Balaban J connectivity index is 1.11. The Morgan fingerprint density at radius 1 is 0.524 bits per heavy atom. The summed E-state index contributed by atoms with van der Waals surface area (Å²) in [7, 11) is -19.9. The minimum Gasteiger partial charge on any atom is -0.505 e. The van der Waals surface area contributed by atoms with E-state index >= 15 is 0 Å². The first-order chi connectivity index (χ1) is 39.4. The maximum atomic E-state index is 13.8. The summed E-state index contributed by atoms with van der Waals surface area (Å²) in [5.41, 5.74) is -3.59. The quantitative estimate of drug-likeness (QED) is 0.0251. The first-order valence-electron chi connectivity index (χ1n) is 23.5. The third kappa shape index (κ3) is 13.0. The molecule has 0 aliphatic heterocycles. The molecule has 0 unspecified atom stereocenters. The predicted octanol–water partition coefficient (Wildman–Crippen LogP) is 8.90. The van der Waals surface area contributed by atoms with Crippen molar-refractivity contribution < 1.29 is 91.7 Å². The van der Waals surface area contributed by atoms with E-state index in [1.54, 1.807) is 0 Å². The van der Waals surface area contributed by atoms with Crippen molar-refractivity contribution in [2.24, 2.45) is 40.9 Å². The van der Waals surface area contributed by atoms with E-state index in [0.717, 1.165) is 28.9 Å². The first kappa shape index (κ1) is 60.8. The van der Waals surface area contributed by atoms with Crippen molar-refractivity contribution in [3.63, 3.8) is 0 Å². The van der Waals surface area contributed by atoms with Crippen LogP contribution in [0.2, 0.25) is 0 Å². The van der Waals surface area contributed by atoms with Crippen LogP contribution in [-0.4, -0.2) is 120 Å². The molecule has 0 fully saturated rings. The van der Waals surface area contributed by atoms with Crippen molar-refractivity contribution in [3.8, 4) is 28.7 Å². The van der Waals surface area contributed by atoms with Gasteiger partial charge in [-0.25, -0.2) is 9.48 Å². The van der Waals surface area contributed by atoms with Gasteiger partial charge in [-0.15, -0.1) is 30.7 Å². The summed E-state index contributed by atoms with van der Waals surface area (Å²) in [4.78, 5) is 22.6. The van der Waals surface area contributed by atoms with Crippen LogP contribution in [0.25, 0.3) is 27.2 Å². The van der Waals surface area contributed by atoms with E-state index in [1.165, 1.54) is 81.4 Å². The molecule has 0 aliphatic rings. The summed E-state index contributed by atoms with van der Waals surface area (Å²) < 4.78 is 150. The van der Waals surface area contributed by atoms with Gasteiger partial charge in [0.05, 0.1) is 51.3 Å². The zero-order chi connectivity index (χ0) is 61.4. The molecular formula is C49H42N10O21S4. The number of carboxylic acids is 1. The number of aliphatic hydroxyl groups excluding tert-OH is 2. The Morgan fingerprint density at radius 3 is 1.55 bits per heavy atom. The molecule has 0 atom stereocenters. The number of nitrogens with one attached hydrogen (secondary N) is 1. The van der Waals surface area contributed by atoms with Crippen LogP contribution < -0.4 is 15.0 Å². The summed E-state index contributed by atoms with van der Waals surface area (Å²) in [6, 6.07) is 16.5. The van der Waals surface area contributed by atoms with Gasteiger partial charge in [0.25, 0.3) is 46.0 Å². The number of ether oxygens (including phenoxy) is 2. The van der Waals surface area contributed by atoms with Crippen molar-refractivity contribution in [2.45, 2.75) is 40.4 Å². The third-order valence-electron chi connectivity index (χ3n) is 12.0. The van der Waals surface area contributed by atoms with Gasteiger partial charge in [-0.2, -0.15) is 43.9 Å². The molecule has 84 heavy (non-hydrogen) atoms. The monoisotopic (exact) mass is 1230 g/mol. The van der Waals surface area contributed by atoms with Crippen LogP contribution >= 0.6 is 0 Å². The average Bonchev–Trinajstić information content (AvgIpc) is 2.49. The molecule has 0 saturated heterocycles. The number of aromatic amines is 1. The number of hydrogen-bond donors (Lipinski definition) is 10. The number of aromatic hydroxyl groups is 2. The van der Waals surface area contributed by atoms with E-state index in [2.05, 4.69) is 46.0 Å². The van der Waals surface area contributed by atoms with Crippen LogP contribution in [0.3, 0.4) is 0 Å². The lowest BCUT2D eigenvalue weighted by molar-refractivity contribution is 0.0697. The summed E-state index contributed by atoms with van der Waals surface area (Å²) in [6.07, 6.45) is 0. The third-order valence-corrected chi connectivity index (χ3v) is 15.6. The minimum atomic E-state index is -5.24. The minimum absolute atomic E-state index is 0.0174. The molecule has 0 bridgehead atoms. The second-order valence-electron chi connectivity index (χ2n) is 17.7. The lowest BCUT2D eigenvalue weighted by Crippen LogP contribution is -2.14. The molecule has 31 nitrogen and oxygen atoms in total. The molecule has 1 aromatic heterocycles. The number of azo groups is 4. The standard InChI is InChI=1S/C49H42N10O21S4/c1-23-15-40(82(70,71)72)24(2)14-35(23)52-53-36-21-39(80-13-11-61)37(22-38(36)79-12-10-60)54-57-45-41(83(73,74)75)18-26-16-28(4-7-31(26)46(45)62)50-55-43-25(3)58-59(48(43)64)29-5-8-32-27(17-29)19-42(84(76,77)78)44(47(32)63)56-51-34-9-6-30(81(67,68)69)20-33(34)49(65)66/h4-9,14-22,58,60-63H,10-13H2,1-3H3,(H,65,66)(H,67,68,69)(H,70,71,72)(H,73,74,75)(H,76,77,78). The van der Waals surface area contributed by atoms with Gasteiger partial charge in [0.2, 0.25) is 0 Å². The number of aromatic carboxylic acids is 1. The number of aromatic nitrogens is 2. The van der Waals surface area contributed by atoms with Gasteiger partial charge in [0, 0.05) is 22.9 Å². The van der Waals surface area contributed by atoms with E-state index in [0.29, 0.717) is 11.6 Å². The Morgan fingerprint density at radius 2 is 1.02 bits per heavy atom. The van der Waals surface area contributed by atoms with Crippen LogP contribution in [0.1, 0.15) is 27.2 Å². The molecule has 0 amide bonds. The van der Waals surface area contributed by atoms with Crippen molar-refractivity contribution in [2.75, 3.05) is 26.4 Å². The van der Waals surface area contributed by atoms with Crippen LogP contribution in [0.5, 0.6) is 23.0 Å². The van der Waals surface area contributed by atoms with Gasteiger partial charge >= 0.3 is 5.97 Å². The smallest absolute Gasteiger partial charge is 0.338 e. The molecule has 438 valence electrons. The van der Waals surface area contributed by atoms with Crippen LogP contribution in [0, 0.1) is 20.8 Å². The number of carboxylic acid groups (broad SMARTS) is 1. The van der Waals surface area contributed by atoms with E-state index in [1.807, 2.05) is 0 Å². The number of H-pyrrole nitrogens is 1. The number of nitrogens with zero attached hydrogens (tertiary/aromatic N) is 9. The fourth-order valence-corrected chi connectivity index (χ4v) is 10.7. The molecule has 10 N–H and O–H groups in total. The zero-order valence-electron chi connectivity index (χ0n) is 43.1. The highest BCUT2D eigenvalue weighted by atomic mass is 32.2. The first-order valence-corrected chi connectivity index (χ1v) is 29.3. The lowest BCUT2D eigenvalue weighted by atomic mass is 10.1. The highest BCUT2D eigenvalue weighted by Gasteiger charge is 2.26. The molecule has 7 aromatic carbocycles. The van der Waals surface area contributed by atoms with E-state index in [4.69, 9.17) is 9.47 Å². The fraction of sp³-hybridized carbons (Fsp3) is 0.143. The Labute approximate surface area is 472 Å². The second-order valence-corrected chi connectivity index (χ2v) is 23.3. The van der Waals surface area contributed by atoms with Gasteiger partial charge in [-0.1, -0.05) is 0 Å². The highest BCUT2D eigenvalue weighted by Crippen LogP contribution is 2.46. The van der Waals surface area contributed by atoms with Gasteiger partial charge < -0.3 is 35.0 Å². The molecule has 8 rings (SSSR count). The van der Waals surface area contributed by atoms with E-state index in [-0.39, 0.29) is 96.5 Å².